The second-order valence-corrected chi connectivity index (χ2v) is 6.03. The van der Waals surface area contributed by atoms with Crippen molar-refractivity contribution in [2.24, 2.45) is 7.05 Å². The van der Waals surface area contributed by atoms with E-state index in [1.54, 1.807) is 19.1 Å². The fourth-order valence-corrected chi connectivity index (χ4v) is 2.91. The number of aromatic carboxylic acids is 1. The van der Waals surface area contributed by atoms with Gasteiger partial charge >= 0.3 is 5.97 Å². The molecule has 3 aromatic rings. The molecule has 0 aliphatic carbocycles. The molecule has 2 aromatic heterocycles. The van der Waals surface area contributed by atoms with Crippen molar-refractivity contribution in [2.45, 2.75) is 27.7 Å². The number of carboxylic acids is 1. The number of furan rings is 1. The van der Waals surface area contributed by atoms with Crippen molar-refractivity contribution in [1.29, 1.82) is 0 Å². The fourth-order valence-electron chi connectivity index (χ4n) is 2.63. The normalized spacial score (nSPS) is 10.4. The third kappa shape index (κ3) is 3.32. The lowest BCUT2D eigenvalue weighted by molar-refractivity contribution is 0.0698. The van der Waals surface area contributed by atoms with E-state index in [0.29, 0.717) is 16.3 Å². The number of rotatable bonds is 3. The van der Waals surface area contributed by atoms with Gasteiger partial charge in [-0.1, -0.05) is 31.5 Å². The van der Waals surface area contributed by atoms with E-state index in [1.165, 1.54) is 17.9 Å². The second-order valence-electron chi connectivity index (χ2n) is 5.62. The largest absolute Gasteiger partial charge is 0.477 e. The van der Waals surface area contributed by atoms with E-state index in [-0.39, 0.29) is 27.9 Å². The molecule has 2 N–H and O–H groups in total. The van der Waals surface area contributed by atoms with Crippen molar-refractivity contribution in [3.8, 4) is 0 Å². The molecule has 0 aliphatic heterocycles. The number of carbonyl (C=O) groups is 1. The Bertz CT molecular complexity index is 1030. The van der Waals surface area contributed by atoms with Crippen molar-refractivity contribution in [1.82, 2.24) is 4.57 Å². The van der Waals surface area contributed by atoms with Crippen LogP contribution in [0.4, 0.5) is 11.5 Å². The van der Waals surface area contributed by atoms with Gasteiger partial charge in [0.1, 0.15) is 11.4 Å². The minimum atomic E-state index is -1.20. The van der Waals surface area contributed by atoms with Crippen LogP contribution in [-0.4, -0.2) is 15.6 Å². The zero-order valence-corrected chi connectivity index (χ0v) is 16.1. The average Bonchev–Trinajstić information content (AvgIpc) is 2.97. The molecule has 6 nitrogen and oxygen atoms in total. The fraction of sp³-hybridized carbons (Fsp3) is 0.263. The Morgan fingerprint density at radius 2 is 1.92 bits per heavy atom. The zero-order chi connectivity index (χ0) is 19.6. The van der Waals surface area contributed by atoms with Crippen molar-refractivity contribution in [3.63, 3.8) is 0 Å². The van der Waals surface area contributed by atoms with Crippen LogP contribution in [0.3, 0.4) is 0 Å². The second kappa shape index (κ2) is 7.66. The Hall–Kier alpha value is -2.73. The van der Waals surface area contributed by atoms with E-state index < -0.39 is 5.97 Å². The summed E-state index contributed by atoms with van der Waals surface area (Å²) in [5.74, 6) is -1.09. The maximum atomic E-state index is 12.6. The molecule has 3 rings (SSSR count). The van der Waals surface area contributed by atoms with Gasteiger partial charge < -0.3 is 14.8 Å². The van der Waals surface area contributed by atoms with E-state index >= 15 is 0 Å². The number of nitrogens with one attached hydrogen (secondary N) is 1. The molecule has 0 aliphatic rings. The molecule has 0 saturated carbocycles. The number of aryl methyl sites for hydroxylation is 2. The Balaban J connectivity index is 0.00000117. The third-order valence-corrected chi connectivity index (χ3v) is 4.20. The van der Waals surface area contributed by atoms with Crippen molar-refractivity contribution in [2.75, 3.05) is 5.32 Å². The topological polar surface area (TPSA) is 84.5 Å². The summed E-state index contributed by atoms with van der Waals surface area (Å²) in [6, 6.07) is 5.31. The molecule has 0 radical (unpaired) electrons. The maximum absolute atomic E-state index is 12.6. The molecular weight excluding hydrogens is 356 g/mol. The summed E-state index contributed by atoms with van der Waals surface area (Å²) in [4.78, 5) is 24.4. The smallest absolute Gasteiger partial charge is 0.343 e. The molecule has 0 bridgehead atoms. The van der Waals surface area contributed by atoms with Gasteiger partial charge in [0, 0.05) is 12.6 Å². The summed E-state index contributed by atoms with van der Waals surface area (Å²) in [6.07, 6.45) is 1.38. The molecule has 138 valence electrons. The van der Waals surface area contributed by atoms with Gasteiger partial charge in [0.05, 0.1) is 22.4 Å². The summed E-state index contributed by atoms with van der Waals surface area (Å²) < 4.78 is 6.59. The first-order valence-electron chi connectivity index (χ1n) is 8.18. The van der Waals surface area contributed by atoms with Crippen LogP contribution < -0.4 is 10.9 Å². The number of fused-ring (bicyclic) bond motifs is 1. The summed E-state index contributed by atoms with van der Waals surface area (Å²) in [7, 11) is 1.51. The highest BCUT2D eigenvalue weighted by atomic mass is 35.5. The van der Waals surface area contributed by atoms with Crippen LogP contribution in [0.25, 0.3) is 11.0 Å². The van der Waals surface area contributed by atoms with E-state index in [9.17, 15) is 14.7 Å². The summed E-state index contributed by atoms with van der Waals surface area (Å²) in [6.45, 7) is 7.59. The Kier molecular flexibility index (Phi) is 5.77. The van der Waals surface area contributed by atoms with Gasteiger partial charge in [0.2, 0.25) is 0 Å². The summed E-state index contributed by atoms with van der Waals surface area (Å²) in [5, 5.41) is 13.3. The van der Waals surface area contributed by atoms with Crippen LogP contribution in [0.1, 0.15) is 35.3 Å². The van der Waals surface area contributed by atoms with Gasteiger partial charge in [0.15, 0.2) is 5.58 Å². The predicted molar refractivity (Wildman–Crippen MR) is 104 cm³/mol. The zero-order valence-electron chi connectivity index (χ0n) is 15.3. The molecule has 26 heavy (non-hydrogen) atoms. The SMILES string of the molecule is CC.Cc1ccc(Nc2c(C(=O)O)c3occ(C)c3c(=O)n2C)c(Cl)c1. The minimum Gasteiger partial charge on any atom is -0.477 e. The summed E-state index contributed by atoms with van der Waals surface area (Å²) in [5.41, 5.74) is 1.66. The van der Waals surface area contributed by atoms with Gasteiger partial charge in [0.25, 0.3) is 5.56 Å². The molecule has 2 heterocycles. The van der Waals surface area contributed by atoms with Crippen LogP contribution >= 0.6 is 11.6 Å². The van der Waals surface area contributed by atoms with Crippen molar-refractivity contribution < 1.29 is 14.3 Å². The number of nitrogens with zero attached hydrogens (tertiary/aromatic N) is 1. The quantitative estimate of drug-likeness (QED) is 0.681. The number of benzene rings is 1. The van der Waals surface area contributed by atoms with E-state index in [4.69, 9.17) is 16.0 Å². The molecular formula is C19H21ClN2O4. The number of hydrogen-bond donors (Lipinski definition) is 2. The lowest BCUT2D eigenvalue weighted by Gasteiger charge is -2.15. The van der Waals surface area contributed by atoms with Gasteiger partial charge in [-0.2, -0.15) is 0 Å². The van der Waals surface area contributed by atoms with E-state index in [0.717, 1.165) is 5.56 Å². The Labute approximate surface area is 156 Å². The minimum absolute atomic E-state index is 0.0498. The molecule has 0 spiro atoms. The highest BCUT2D eigenvalue weighted by Gasteiger charge is 2.24. The standard InChI is InChI=1S/C17H15ClN2O4.C2H6/c1-8-4-5-11(10(18)6-8)19-15-13(17(22)23)14-12(9(2)7-24-14)16(21)20(15)3;1-2/h4-7,19H,1-3H3,(H,22,23);1-2H3. The van der Waals surface area contributed by atoms with Crippen LogP contribution in [0.2, 0.25) is 5.02 Å². The number of hydrogen-bond acceptors (Lipinski definition) is 4. The molecule has 0 amide bonds. The number of halogens is 1. The van der Waals surface area contributed by atoms with Gasteiger partial charge in [-0.15, -0.1) is 0 Å². The Morgan fingerprint density at radius 3 is 2.50 bits per heavy atom. The van der Waals surface area contributed by atoms with Crippen molar-refractivity contribution in [3.05, 3.63) is 56.5 Å². The first-order chi connectivity index (χ1) is 12.3. The third-order valence-electron chi connectivity index (χ3n) is 3.88. The molecule has 0 atom stereocenters. The first kappa shape index (κ1) is 19.6. The molecule has 1 aromatic carbocycles. The van der Waals surface area contributed by atoms with Crippen LogP contribution in [0, 0.1) is 13.8 Å². The maximum Gasteiger partial charge on any atom is 0.343 e. The lowest BCUT2D eigenvalue weighted by atomic mass is 10.1. The van der Waals surface area contributed by atoms with Crippen molar-refractivity contribution >= 4 is 40.0 Å². The monoisotopic (exact) mass is 376 g/mol. The van der Waals surface area contributed by atoms with E-state index in [1.807, 2.05) is 26.8 Å². The molecule has 0 unspecified atom stereocenters. The first-order valence-corrected chi connectivity index (χ1v) is 8.56. The van der Waals surface area contributed by atoms with Crippen LogP contribution in [-0.2, 0) is 7.05 Å². The van der Waals surface area contributed by atoms with Gasteiger partial charge in [-0.3, -0.25) is 9.36 Å². The van der Waals surface area contributed by atoms with Gasteiger partial charge in [-0.25, -0.2) is 4.79 Å². The average molecular weight is 377 g/mol. The van der Waals surface area contributed by atoms with E-state index in [2.05, 4.69) is 5.32 Å². The number of aromatic nitrogens is 1. The Morgan fingerprint density at radius 1 is 1.27 bits per heavy atom. The number of anilines is 2. The van der Waals surface area contributed by atoms with Gasteiger partial charge in [-0.05, 0) is 31.5 Å². The summed E-state index contributed by atoms with van der Waals surface area (Å²) >= 11 is 6.21. The number of carboxylic acid groups (broad SMARTS) is 1. The molecule has 7 heteroatoms. The highest BCUT2D eigenvalue weighted by Crippen LogP contribution is 2.31. The predicted octanol–water partition coefficient (Wildman–Crippen LogP) is 4.87. The molecule has 0 saturated heterocycles. The number of pyridine rings is 1. The van der Waals surface area contributed by atoms with Crippen LogP contribution in [0.5, 0.6) is 0 Å². The molecule has 0 fully saturated rings. The highest BCUT2D eigenvalue weighted by molar-refractivity contribution is 6.33. The lowest BCUT2D eigenvalue weighted by Crippen LogP contribution is -2.23. The van der Waals surface area contributed by atoms with Crippen LogP contribution in [0.15, 0.2) is 33.7 Å².